The van der Waals surface area contributed by atoms with Gasteiger partial charge in [0.15, 0.2) is 29.4 Å². The normalized spacial score (nSPS) is 10.3. The lowest BCUT2D eigenvalue weighted by atomic mass is 10.3. The predicted molar refractivity (Wildman–Crippen MR) is 60.6 cm³/mol. The van der Waals surface area contributed by atoms with Gasteiger partial charge in [0.25, 0.3) is 5.12 Å². The van der Waals surface area contributed by atoms with Crippen LogP contribution in [-0.4, -0.2) is 11.4 Å². The molecular weight excluding hydrogens is 262 g/mol. The summed E-state index contributed by atoms with van der Waals surface area (Å²) in [7, 11) is 0. The Labute approximate surface area is 105 Å². The molecule has 0 saturated heterocycles. The Morgan fingerprint density at radius 2 is 1.94 bits per heavy atom. The third-order valence-corrected chi connectivity index (χ3v) is 2.92. The SMILES string of the molecule is O=Cc1ccc(C(=O)Sc2ccc(F)c(F)c2)o1. The lowest BCUT2D eigenvalue weighted by Crippen LogP contribution is -1.91. The molecule has 0 unspecified atom stereocenters. The van der Waals surface area contributed by atoms with Gasteiger partial charge in [0, 0.05) is 4.90 Å². The Kier molecular flexibility index (Phi) is 3.57. The van der Waals surface area contributed by atoms with Crippen molar-refractivity contribution in [2.24, 2.45) is 0 Å². The van der Waals surface area contributed by atoms with E-state index in [2.05, 4.69) is 0 Å². The number of carbonyl (C=O) groups is 2. The van der Waals surface area contributed by atoms with Gasteiger partial charge >= 0.3 is 0 Å². The first-order valence-corrected chi connectivity index (χ1v) is 5.64. The minimum Gasteiger partial charge on any atom is -0.449 e. The summed E-state index contributed by atoms with van der Waals surface area (Å²) in [6.07, 6.45) is 0.471. The molecule has 0 aliphatic heterocycles. The Bertz CT molecular complexity index is 607. The van der Waals surface area contributed by atoms with Crippen LogP contribution in [0.3, 0.4) is 0 Å². The molecule has 1 aromatic heterocycles. The summed E-state index contributed by atoms with van der Waals surface area (Å²) in [6.45, 7) is 0. The second-order valence-electron chi connectivity index (χ2n) is 3.29. The van der Waals surface area contributed by atoms with E-state index in [1.807, 2.05) is 0 Å². The lowest BCUT2D eigenvalue weighted by Gasteiger charge is -1.99. The fourth-order valence-electron chi connectivity index (χ4n) is 1.22. The van der Waals surface area contributed by atoms with Crippen molar-refractivity contribution in [1.29, 1.82) is 0 Å². The Balaban J connectivity index is 2.15. The topological polar surface area (TPSA) is 47.3 Å². The van der Waals surface area contributed by atoms with Gasteiger partial charge in [-0.25, -0.2) is 8.78 Å². The van der Waals surface area contributed by atoms with E-state index in [4.69, 9.17) is 4.42 Å². The number of halogens is 2. The third-order valence-electron chi connectivity index (χ3n) is 2.05. The van der Waals surface area contributed by atoms with Crippen molar-refractivity contribution >= 4 is 23.2 Å². The fourth-order valence-corrected chi connectivity index (χ4v) is 1.95. The number of furan rings is 1. The molecule has 0 saturated carbocycles. The minimum atomic E-state index is -1.03. The zero-order valence-corrected chi connectivity index (χ0v) is 9.67. The summed E-state index contributed by atoms with van der Waals surface area (Å²) < 4.78 is 30.5. The minimum absolute atomic E-state index is 0.0215. The monoisotopic (exact) mass is 268 g/mol. The first kappa shape index (κ1) is 12.5. The average molecular weight is 268 g/mol. The van der Waals surface area contributed by atoms with E-state index >= 15 is 0 Å². The van der Waals surface area contributed by atoms with E-state index in [1.54, 1.807) is 0 Å². The summed E-state index contributed by atoms with van der Waals surface area (Å²) in [6, 6.07) is 5.83. The van der Waals surface area contributed by atoms with Crippen molar-refractivity contribution in [3.8, 4) is 0 Å². The Morgan fingerprint density at radius 1 is 1.17 bits per heavy atom. The maximum Gasteiger partial charge on any atom is 0.259 e. The van der Waals surface area contributed by atoms with Crippen LogP contribution in [0.1, 0.15) is 21.1 Å². The molecule has 3 nitrogen and oxygen atoms in total. The van der Waals surface area contributed by atoms with Gasteiger partial charge in [-0.15, -0.1) is 0 Å². The highest BCUT2D eigenvalue weighted by molar-refractivity contribution is 8.14. The summed E-state index contributed by atoms with van der Waals surface area (Å²) in [5, 5.41) is -0.492. The van der Waals surface area contributed by atoms with Crippen molar-refractivity contribution in [3.05, 3.63) is 53.5 Å². The Hall–Kier alpha value is -1.95. The summed E-state index contributed by atoms with van der Waals surface area (Å²) in [4.78, 5) is 22.3. The molecule has 2 aromatic rings. The first-order chi connectivity index (χ1) is 8.60. The van der Waals surface area contributed by atoms with Crippen LogP contribution in [-0.2, 0) is 0 Å². The van der Waals surface area contributed by atoms with E-state index < -0.39 is 16.7 Å². The van der Waals surface area contributed by atoms with Gasteiger partial charge in [0.1, 0.15) is 0 Å². The molecule has 6 heteroatoms. The number of benzene rings is 1. The molecule has 0 fully saturated rings. The molecule has 0 spiro atoms. The van der Waals surface area contributed by atoms with Crippen molar-refractivity contribution in [1.82, 2.24) is 0 Å². The molecule has 2 rings (SSSR count). The lowest BCUT2D eigenvalue weighted by molar-refractivity contribution is 0.105. The van der Waals surface area contributed by atoms with Gasteiger partial charge in [0.05, 0.1) is 0 Å². The summed E-state index contributed by atoms with van der Waals surface area (Å²) >= 11 is 0.688. The molecule has 0 atom stereocenters. The zero-order chi connectivity index (χ0) is 13.1. The number of aldehydes is 1. The van der Waals surface area contributed by atoms with Gasteiger partial charge in [-0.3, -0.25) is 9.59 Å². The molecule has 0 N–H and O–H groups in total. The third kappa shape index (κ3) is 2.65. The van der Waals surface area contributed by atoms with Crippen molar-refractivity contribution < 1.29 is 22.8 Å². The average Bonchev–Trinajstić information content (AvgIpc) is 2.82. The second-order valence-corrected chi connectivity index (χ2v) is 4.33. The molecule has 0 aliphatic rings. The first-order valence-electron chi connectivity index (χ1n) is 4.82. The molecule has 1 heterocycles. The van der Waals surface area contributed by atoms with E-state index in [0.717, 1.165) is 12.1 Å². The molecule has 92 valence electrons. The van der Waals surface area contributed by atoms with Crippen LogP contribution < -0.4 is 0 Å². The molecule has 0 radical (unpaired) electrons. The molecule has 0 amide bonds. The van der Waals surface area contributed by atoms with Crippen LogP contribution in [0.4, 0.5) is 8.78 Å². The highest BCUT2D eigenvalue weighted by Crippen LogP contribution is 2.25. The van der Waals surface area contributed by atoms with E-state index in [1.165, 1.54) is 18.2 Å². The maximum absolute atomic E-state index is 12.9. The quantitative estimate of drug-likeness (QED) is 0.633. The maximum atomic E-state index is 12.9. The highest BCUT2D eigenvalue weighted by atomic mass is 32.2. The van der Waals surface area contributed by atoms with Gasteiger partial charge in [-0.1, -0.05) is 0 Å². The van der Waals surface area contributed by atoms with E-state index in [9.17, 15) is 18.4 Å². The second kappa shape index (κ2) is 5.14. The smallest absolute Gasteiger partial charge is 0.259 e. The van der Waals surface area contributed by atoms with Crippen LogP contribution in [0.2, 0.25) is 0 Å². The van der Waals surface area contributed by atoms with Crippen molar-refractivity contribution in [2.45, 2.75) is 4.90 Å². The van der Waals surface area contributed by atoms with Crippen LogP contribution in [0, 0.1) is 11.6 Å². The Morgan fingerprint density at radius 3 is 2.56 bits per heavy atom. The highest BCUT2D eigenvalue weighted by Gasteiger charge is 2.14. The van der Waals surface area contributed by atoms with Gasteiger partial charge < -0.3 is 4.42 Å². The van der Waals surface area contributed by atoms with Crippen LogP contribution in [0.25, 0.3) is 0 Å². The molecule has 1 aromatic carbocycles. The van der Waals surface area contributed by atoms with E-state index in [0.29, 0.717) is 18.0 Å². The number of thioether (sulfide) groups is 1. The summed E-state index contributed by atoms with van der Waals surface area (Å²) in [5.41, 5.74) is 0. The molecule has 0 aliphatic carbocycles. The van der Waals surface area contributed by atoms with Crippen molar-refractivity contribution in [3.63, 3.8) is 0 Å². The number of hydrogen-bond donors (Lipinski definition) is 0. The van der Waals surface area contributed by atoms with Crippen LogP contribution in [0.5, 0.6) is 0 Å². The summed E-state index contributed by atoms with van der Waals surface area (Å²) in [5.74, 6) is -2.00. The predicted octanol–water partition coefficient (Wildman–Crippen LogP) is 3.30. The van der Waals surface area contributed by atoms with Gasteiger partial charge in [0.2, 0.25) is 0 Å². The van der Waals surface area contributed by atoms with Gasteiger partial charge in [-0.2, -0.15) is 0 Å². The fraction of sp³-hybridized carbons (Fsp3) is 0. The number of hydrogen-bond acceptors (Lipinski definition) is 4. The zero-order valence-electron chi connectivity index (χ0n) is 8.85. The number of carbonyl (C=O) groups excluding carboxylic acids is 2. The van der Waals surface area contributed by atoms with E-state index in [-0.39, 0.29) is 16.4 Å². The van der Waals surface area contributed by atoms with Crippen molar-refractivity contribution in [2.75, 3.05) is 0 Å². The molecule has 0 bridgehead atoms. The number of rotatable bonds is 3. The standard InChI is InChI=1S/C12H6F2O3S/c13-9-3-2-8(5-10(9)14)18-12(16)11-4-1-7(6-15)17-11/h1-6H. The molecule has 18 heavy (non-hydrogen) atoms. The van der Waals surface area contributed by atoms with Crippen LogP contribution >= 0.6 is 11.8 Å². The largest absolute Gasteiger partial charge is 0.449 e. The molecular formula is C12H6F2O3S. The van der Waals surface area contributed by atoms with Gasteiger partial charge in [-0.05, 0) is 42.1 Å². The van der Waals surface area contributed by atoms with Crippen LogP contribution in [0.15, 0.2) is 39.6 Å².